The fraction of sp³-hybridized carbons (Fsp3) is 0.556. The summed E-state index contributed by atoms with van der Waals surface area (Å²) in [6, 6.07) is 8.62. The highest BCUT2D eigenvalue weighted by Crippen LogP contribution is 2.26. The van der Waals surface area contributed by atoms with Crippen LogP contribution in [0.3, 0.4) is 0 Å². The number of rotatable bonds is 6. The first kappa shape index (κ1) is 15.4. The van der Waals surface area contributed by atoms with E-state index in [0.29, 0.717) is 19.2 Å². The first-order valence-electron chi connectivity index (χ1n) is 8.35. The average Bonchev–Trinajstić information content (AvgIpc) is 2.92. The summed E-state index contributed by atoms with van der Waals surface area (Å²) < 4.78 is 5.82. The van der Waals surface area contributed by atoms with Crippen LogP contribution in [-0.4, -0.2) is 35.4 Å². The van der Waals surface area contributed by atoms with Crippen molar-refractivity contribution in [1.29, 1.82) is 0 Å². The van der Waals surface area contributed by atoms with Crippen molar-refractivity contribution in [3.8, 4) is 5.75 Å². The van der Waals surface area contributed by atoms with Gasteiger partial charge in [0.1, 0.15) is 18.5 Å². The van der Waals surface area contributed by atoms with Crippen molar-refractivity contribution in [2.75, 3.05) is 13.2 Å². The SMILES string of the molecule is Cc1cc2c(OC[C@H](O)CNC3CCCCC3)cccc2[nH]1. The van der Waals surface area contributed by atoms with Gasteiger partial charge in [0.05, 0.1) is 0 Å². The van der Waals surface area contributed by atoms with E-state index in [-0.39, 0.29) is 0 Å². The Morgan fingerprint density at radius 1 is 1.32 bits per heavy atom. The number of hydrogen-bond acceptors (Lipinski definition) is 3. The molecule has 4 heteroatoms. The number of aromatic nitrogens is 1. The van der Waals surface area contributed by atoms with Gasteiger partial charge in [-0.2, -0.15) is 0 Å². The van der Waals surface area contributed by atoms with Crippen LogP contribution in [0.5, 0.6) is 5.75 Å². The molecule has 1 aliphatic carbocycles. The van der Waals surface area contributed by atoms with E-state index in [4.69, 9.17) is 4.74 Å². The van der Waals surface area contributed by atoms with Crippen LogP contribution in [0.15, 0.2) is 24.3 Å². The lowest BCUT2D eigenvalue weighted by Crippen LogP contribution is -2.38. The van der Waals surface area contributed by atoms with Crippen LogP contribution in [0.25, 0.3) is 10.9 Å². The maximum Gasteiger partial charge on any atom is 0.128 e. The number of aliphatic hydroxyl groups excluding tert-OH is 1. The Labute approximate surface area is 131 Å². The molecule has 1 heterocycles. The summed E-state index contributed by atoms with van der Waals surface area (Å²) in [5.41, 5.74) is 2.19. The van der Waals surface area contributed by atoms with Gasteiger partial charge in [0.25, 0.3) is 0 Å². The number of benzene rings is 1. The minimum atomic E-state index is -0.475. The Morgan fingerprint density at radius 3 is 2.95 bits per heavy atom. The van der Waals surface area contributed by atoms with Crippen LogP contribution in [0.1, 0.15) is 37.8 Å². The highest BCUT2D eigenvalue weighted by atomic mass is 16.5. The molecule has 0 amide bonds. The Hall–Kier alpha value is -1.52. The van der Waals surface area contributed by atoms with Gasteiger partial charge in [0, 0.05) is 29.2 Å². The van der Waals surface area contributed by atoms with Crippen molar-refractivity contribution in [3.63, 3.8) is 0 Å². The van der Waals surface area contributed by atoms with E-state index in [2.05, 4.69) is 16.4 Å². The van der Waals surface area contributed by atoms with Gasteiger partial charge >= 0.3 is 0 Å². The summed E-state index contributed by atoms with van der Waals surface area (Å²) in [7, 11) is 0. The fourth-order valence-corrected chi connectivity index (χ4v) is 3.25. The molecule has 3 rings (SSSR count). The molecule has 1 aromatic carbocycles. The molecule has 22 heavy (non-hydrogen) atoms. The second kappa shape index (κ2) is 7.16. The minimum Gasteiger partial charge on any atom is -0.490 e. The van der Waals surface area contributed by atoms with E-state index < -0.39 is 6.10 Å². The van der Waals surface area contributed by atoms with Crippen LogP contribution in [-0.2, 0) is 0 Å². The standard InChI is InChI=1S/C18H26N2O2/c1-13-10-16-17(20-13)8-5-9-18(16)22-12-15(21)11-19-14-6-3-2-4-7-14/h5,8-10,14-15,19-21H,2-4,6-7,11-12H2,1H3/t15-/m1/s1. The number of nitrogens with one attached hydrogen (secondary N) is 2. The smallest absolute Gasteiger partial charge is 0.128 e. The van der Waals surface area contributed by atoms with Crippen molar-refractivity contribution in [3.05, 3.63) is 30.0 Å². The molecule has 120 valence electrons. The van der Waals surface area contributed by atoms with Gasteiger partial charge in [-0.3, -0.25) is 0 Å². The number of ether oxygens (including phenoxy) is 1. The van der Waals surface area contributed by atoms with Crippen LogP contribution in [0, 0.1) is 6.92 Å². The molecule has 2 aromatic rings. The van der Waals surface area contributed by atoms with E-state index in [1.165, 1.54) is 32.1 Å². The summed E-state index contributed by atoms with van der Waals surface area (Å²) in [6.45, 7) is 2.96. The Balaban J connectivity index is 1.50. The molecule has 3 N–H and O–H groups in total. The first-order chi connectivity index (χ1) is 10.7. The Bertz CT molecular complexity index is 602. The summed E-state index contributed by atoms with van der Waals surface area (Å²) in [5.74, 6) is 0.832. The summed E-state index contributed by atoms with van der Waals surface area (Å²) in [4.78, 5) is 3.30. The molecule has 1 aliphatic rings. The molecule has 0 spiro atoms. The third-order valence-electron chi connectivity index (χ3n) is 4.44. The summed E-state index contributed by atoms with van der Waals surface area (Å²) >= 11 is 0. The molecule has 0 bridgehead atoms. The van der Waals surface area contributed by atoms with Crippen molar-refractivity contribution in [2.24, 2.45) is 0 Å². The summed E-state index contributed by atoms with van der Waals surface area (Å²) in [6.07, 6.45) is 5.95. The Morgan fingerprint density at radius 2 is 2.14 bits per heavy atom. The van der Waals surface area contributed by atoms with Crippen LogP contribution in [0.4, 0.5) is 0 Å². The molecule has 0 unspecified atom stereocenters. The van der Waals surface area contributed by atoms with Crippen molar-refractivity contribution >= 4 is 10.9 Å². The topological polar surface area (TPSA) is 57.3 Å². The molecule has 4 nitrogen and oxygen atoms in total. The molecule has 0 radical (unpaired) electrons. The zero-order valence-electron chi connectivity index (χ0n) is 13.3. The van der Waals surface area contributed by atoms with Gasteiger partial charge in [-0.1, -0.05) is 25.3 Å². The summed E-state index contributed by atoms with van der Waals surface area (Å²) in [5, 5.41) is 14.7. The molecule has 1 saturated carbocycles. The van der Waals surface area contributed by atoms with Gasteiger partial charge in [0.15, 0.2) is 0 Å². The molecule has 1 aromatic heterocycles. The highest BCUT2D eigenvalue weighted by molar-refractivity contribution is 5.86. The average molecular weight is 302 g/mol. The van der Waals surface area contributed by atoms with E-state index in [1.54, 1.807) is 0 Å². The van der Waals surface area contributed by atoms with Gasteiger partial charge in [-0.15, -0.1) is 0 Å². The van der Waals surface area contributed by atoms with E-state index in [9.17, 15) is 5.11 Å². The van der Waals surface area contributed by atoms with Gasteiger partial charge < -0.3 is 20.1 Å². The van der Waals surface area contributed by atoms with Crippen LogP contribution in [0.2, 0.25) is 0 Å². The minimum absolute atomic E-state index is 0.322. The fourth-order valence-electron chi connectivity index (χ4n) is 3.25. The number of aryl methyl sites for hydroxylation is 1. The maximum atomic E-state index is 10.1. The first-order valence-corrected chi connectivity index (χ1v) is 8.35. The number of fused-ring (bicyclic) bond motifs is 1. The monoisotopic (exact) mass is 302 g/mol. The third-order valence-corrected chi connectivity index (χ3v) is 4.44. The number of H-pyrrole nitrogens is 1. The van der Waals surface area contributed by atoms with Crippen LogP contribution < -0.4 is 10.1 Å². The number of aliphatic hydroxyl groups is 1. The quantitative estimate of drug-likeness (QED) is 0.768. The predicted molar refractivity (Wildman–Crippen MR) is 89.4 cm³/mol. The van der Waals surface area contributed by atoms with Crippen molar-refractivity contribution in [1.82, 2.24) is 10.3 Å². The van der Waals surface area contributed by atoms with Crippen molar-refractivity contribution in [2.45, 2.75) is 51.2 Å². The van der Waals surface area contributed by atoms with E-state index >= 15 is 0 Å². The molecule has 0 saturated heterocycles. The molecule has 1 fully saturated rings. The van der Waals surface area contributed by atoms with E-state index in [0.717, 1.165) is 22.3 Å². The normalized spacial score (nSPS) is 17.7. The lowest BCUT2D eigenvalue weighted by molar-refractivity contribution is 0.102. The number of hydrogen-bond donors (Lipinski definition) is 3. The second-order valence-electron chi connectivity index (χ2n) is 6.38. The molecular formula is C18H26N2O2. The lowest BCUT2D eigenvalue weighted by Gasteiger charge is -2.24. The third kappa shape index (κ3) is 3.81. The number of aromatic amines is 1. The van der Waals surface area contributed by atoms with Gasteiger partial charge in [0.2, 0.25) is 0 Å². The maximum absolute atomic E-state index is 10.1. The Kier molecular flexibility index (Phi) is 5.01. The van der Waals surface area contributed by atoms with Crippen molar-refractivity contribution < 1.29 is 9.84 Å². The second-order valence-corrected chi connectivity index (χ2v) is 6.38. The zero-order valence-corrected chi connectivity index (χ0v) is 13.3. The van der Waals surface area contributed by atoms with Gasteiger partial charge in [-0.25, -0.2) is 0 Å². The lowest BCUT2D eigenvalue weighted by atomic mass is 9.95. The highest BCUT2D eigenvalue weighted by Gasteiger charge is 2.15. The molecule has 0 aliphatic heterocycles. The van der Waals surface area contributed by atoms with Crippen LogP contribution >= 0.6 is 0 Å². The predicted octanol–water partition coefficient (Wildman–Crippen LogP) is 3.14. The van der Waals surface area contributed by atoms with Gasteiger partial charge in [-0.05, 0) is 38.0 Å². The largest absolute Gasteiger partial charge is 0.490 e. The van der Waals surface area contributed by atoms with E-state index in [1.807, 2.05) is 25.1 Å². The molecular weight excluding hydrogens is 276 g/mol. The zero-order chi connectivity index (χ0) is 15.4. The molecule has 1 atom stereocenters.